The highest BCUT2D eigenvalue weighted by atomic mass is 35.5. The van der Waals surface area contributed by atoms with Crippen LogP contribution in [-0.4, -0.2) is 15.8 Å². The third-order valence-corrected chi connectivity index (χ3v) is 2.20. The van der Waals surface area contributed by atoms with Gasteiger partial charge in [0.2, 0.25) is 5.88 Å². The summed E-state index contributed by atoms with van der Waals surface area (Å²) in [6.45, 7) is 0. The lowest BCUT2D eigenvalue weighted by Gasteiger charge is -2.07. The van der Waals surface area contributed by atoms with Crippen molar-refractivity contribution in [2.75, 3.05) is 0 Å². The molecule has 1 aromatic heterocycles. The molecule has 0 atom stereocenters. The quantitative estimate of drug-likeness (QED) is 0.644. The van der Waals surface area contributed by atoms with Gasteiger partial charge in [-0.25, -0.2) is 9.97 Å². The van der Waals surface area contributed by atoms with E-state index >= 15 is 0 Å². The van der Waals surface area contributed by atoms with Crippen LogP contribution in [0.4, 0.5) is 0 Å². The van der Waals surface area contributed by atoms with E-state index in [-0.39, 0.29) is 17.4 Å². The van der Waals surface area contributed by atoms with Crippen LogP contribution in [0.1, 0.15) is 5.69 Å². The molecule has 86 valence electrons. The Kier molecular flexibility index (Phi) is 3.20. The minimum absolute atomic E-state index is 0.193. The first-order valence-electron chi connectivity index (χ1n) is 4.75. The molecule has 6 heteroatoms. The summed E-state index contributed by atoms with van der Waals surface area (Å²) in [6.07, 6.45) is 2.92. The number of halogens is 1. The summed E-state index contributed by atoms with van der Waals surface area (Å²) >= 11 is 5.76. The van der Waals surface area contributed by atoms with Gasteiger partial charge in [-0.1, -0.05) is 11.6 Å². The fourth-order valence-corrected chi connectivity index (χ4v) is 1.32. The molecule has 0 saturated heterocycles. The number of nitrogens with one attached hydrogen (secondary N) is 1. The topological polar surface area (TPSA) is 84.9 Å². The normalized spacial score (nSPS) is 9.94. The maximum atomic E-state index is 7.35. The molecule has 0 unspecified atom stereocenters. The molecule has 0 aliphatic heterocycles. The summed E-state index contributed by atoms with van der Waals surface area (Å²) in [5.74, 6) is 0.557. The smallest absolute Gasteiger partial charge is 0.249 e. The third kappa shape index (κ3) is 2.70. The average molecular weight is 249 g/mol. The van der Waals surface area contributed by atoms with Gasteiger partial charge in [0.15, 0.2) is 5.69 Å². The van der Waals surface area contributed by atoms with Crippen molar-refractivity contribution in [3.05, 3.63) is 47.4 Å². The molecule has 3 N–H and O–H groups in total. The summed E-state index contributed by atoms with van der Waals surface area (Å²) in [7, 11) is 0. The molecular formula is C11H9ClN4O. The van der Waals surface area contributed by atoms with Crippen molar-refractivity contribution >= 4 is 17.4 Å². The maximum Gasteiger partial charge on any atom is 0.249 e. The van der Waals surface area contributed by atoms with Crippen LogP contribution in [0.5, 0.6) is 11.6 Å². The highest BCUT2D eigenvalue weighted by molar-refractivity contribution is 6.30. The SMILES string of the molecule is N=C(N)c1nccnc1Oc1ccc(Cl)cc1. The fraction of sp³-hybridized carbons (Fsp3) is 0. The van der Waals surface area contributed by atoms with Crippen LogP contribution in [0.25, 0.3) is 0 Å². The van der Waals surface area contributed by atoms with Gasteiger partial charge in [0.25, 0.3) is 0 Å². The van der Waals surface area contributed by atoms with Crippen molar-refractivity contribution < 1.29 is 4.74 Å². The van der Waals surface area contributed by atoms with Gasteiger partial charge in [-0.15, -0.1) is 0 Å². The number of aromatic nitrogens is 2. The number of nitrogen functional groups attached to an aromatic ring is 1. The lowest BCUT2D eigenvalue weighted by atomic mass is 10.3. The molecule has 0 aliphatic rings. The van der Waals surface area contributed by atoms with E-state index in [0.717, 1.165) is 0 Å². The minimum Gasteiger partial charge on any atom is -0.437 e. The van der Waals surface area contributed by atoms with E-state index in [9.17, 15) is 0 Å². The van der Waals surface area contributed by atoms with E-state index in [1.807, 2.05) is 0 Å². The summed E-state index contributed by atoms with van der Waals surface area (Å²) < 4.78 is 5.47. The highest BCUT2D eigenvalue weighted by Gasteiger charge is 2.10. The van der Waals surface area contributed by atoms with Crippen LogP contribution in [0.15, 0.2) is 36.7 Å². The molecule has 0 amide bonds. The van der Waals surface area contributed by atoms with Crippen LogP contribution >= 0.6 is 11.6 Å². The van der Waals surface area contributed by atoms with Gasteiger partial charge in [0, 0.05) is 17.4 Å². The molecular weight excluding hydrogens is 240 g/mol. The number of amidine groups is 1. The molecule has 0 spiro atoms. The first kappa shape index (κ1) is 11.3. The Hall–Kier alpha value is -2.14. The average Bonchev–Trinajstić information content (AvgIpc) is 2.32. The lowest BCUT2D eigenvalue weighted by molar-refractivity contribution is 0.458. The second-order valence-corrected chi connectivity index (χ2v) is 3.62. The summed E-state index contributed by atoms with van der Waals surface area (Å²) in [6, 6.07) is 6.78. The third-order valence-electron chi connectivity index (χ3n) is 1.95. The second-order valence-electron chi connectivity index (χ2n) is 3.18. The zero-order chi connectivity index (χ0) is 12.3. The fourth-order valence-electron chi connectivity index (χ4n) is 1.20. The first-order valence-corrected chi connectivity index (χ1v) is 5.13. The van der Waals surface area contributed by atoms with Gasteiger partial charge in [-0.05, 0) is 24.3 Å². The number of ether oxygens (including phenoxy) is 1. The largest absolute Gasteiger partial charge is 0.437 e. The molecule has 0 fully saturated rings. The zero-order valence-corrected chi connectivity index (χ0v) is 9.48. The first-order chi connectivity index (χ1) is 8.16. The van der Waals surface area contributed by atoms with E-state index in [1.165, 1.54) is 12.4 Å². The van der Waals surface area contributed by atoms with Crippen molar-refractivity contribution in [3.8, 4) is 11.6 Å². The summed E-state index contributed by atoms with van der Waals surface area (Å²) in [5.41, 5.74) is 5.58. The second kappa shape index (κ2) is 4.80. The molecule has 2 rings (SSSR count). The molecule has 0 radical (unpaired) electrons. The van der Waals surface area contributed by atoms with Crippen molar-refractivity contribution in [1.29, 1.82) is 5.41 Å². The van der Waals surface area contributed by atoms with Crippen LogP contribution < -0.4 is 10.5 Å². The molecule has 1 aromatic carbocycles. The van der Waals surface area contributed by atoms with Crippen LogP contribution in [0.2, 0.25) is 5.02 Å². The Bertz CT molecular complexity index is 541. The predicted molar refractivity (Wildman–Crippen MR) is 64.6 cm³/mol. The number of nitrogens with two attached hydrogens (primary N) is 1. The summed E-state index contributed by atoms with van der Waals surface area (Å²) in [4.78, 5) is 7.91. The van der Waals surface area contributed by atoms with Crippen LogP contribution in [0.3, 0.4) is 0 Å². The lowest BCUT2D eigenvalue weighted by Crippen LogP contribution is -2.14. The van der Waals surface area contributed by atoms with E-state index in [4.69, 9.17) is 27.5 Å². The maximum absolute atomic E-state index is 7.35. The Labute approximate surface area is 103 Å². The molecule has 5 nitrogen and oxygen atoms in total. The van der Waals surface area contributed by atoms with E-state index < -0.39 is 0 Å². The molecule has 0 saturated carbocycles. The Morgan fingerprint density at radius 3 is 2.47 bits per heavy atom. The summed E-state index contributed by atoms with van der Waals surface area (Å²) in [5, 5.41) is 7.96. The molecule has 0 aliphatic carbocycles. The van der Waals surface area contributed by atoms with Gasteiger partial charge >= 0.3 is 0 Å². The van der Waals surface area contributed by atoms with E-state index in [1.54, 1.807) is 24.3 Å². The number of hydrogen-bond acceptors (Lipinski definition) is 4. The number of benzene rings is 1. The van der Waals surface area contributed by atoms with Crippen molar-refractivity contribution in [2.45, 2.75) is 0 Å². The Balaban J connectivity index is 2.30. The monoisotopic (exact) mass is 248 g/mol. The number of hydrogen-bond donors (Lipinski definition) is 2. The van der Waals surface area contributed by atoms with Crippen LogP contribution in [0, 0.1) is 5.41 Å². The molecule has 0 bridgehead atoms. The van der Waals surface area contributed by atoms with Gasteiger partial charge in [-0.2, -0.15) is 0 Å². The van der Waals surface area contributed by atoms with Gasteiger partial charge in [0.05, 0.1) is 0 Å². The van der Waals surface area contributed by atoms with Gasteiger partial charge in [0.1, 0.15) is 11.6 Å². The molecule has 17 heavy (non-hydrogen) atoms. The Morgan fingerprint density at radius 1 is 1.18 bits per heavy atom. The predicted octanol–water partition coefficient (Wildman–Crippen LogP) is 2.21. The van der Waals surface area contributed by atoms with Crippen LogP contribution in [-0.2, 0) is 0 Å². The van der Waals surface area contributed by atoms with E-state index in [0.29, 0.717) is 10.8 Å². The minimum atomic E-state index is -0.193. The van der Waals surface area contributed by atoms with Gasteiger partial charge in [-0.3, -0.25) is 5.41 Å². The van der Waals surface area contributed by atoms with Crippen molar-refractivity contribution in [3.63, 3.8) is 0 Å². The zero-order valence-electron chi connectivity index (χ0n) is 8.72. The standard InChI is InChI=1S/C11H9ClN4O/c12-7-1-3-8(4-2-7)17-11-9(10(13)14)15-5-6-16-11/h1-6H,(H3,13,14). The Morgan fingerprint density at radius 2 is 1.82 bits per heavy atom. The molecule has 2 aromatic rings. The van der Waals surface area contributed by atoms with Crippen molar-refractivity contribution in [2.24, 2.45) is 5.73 Å². The number of rotatable bonds is 3. The van der Waals surface area contributed by atoms with Gasteiger partial charge < -0.3 is 10.5 Å². The number of nitrogens with zero attached hydrogens (tertiary/aromatic N) is 2. The highest BCUT2D eigenvalue weighted by Crippen LogP contribution is 2.22. The molecule has 1 heterocycles. The van der Waals surface area contributed by atoms with E-state index in [2.05, 4.69) is 9.97 Å². The van der Waals surface area contributed by atoms with Crippen molar-refractivity contribution in [1.82, 2.24) is 9.97 Å².